The summed E-state index contributed by atoms with van der Waals surface area (Å²) in [5, 5.41) is 0.765. The van der Waals surface area contributed by atoms with E-state index in [4.69, 9.17) is 0 Å². The summed E-state index contributed by atoms with van der Waals surface area (Å²) in [6.07, 6.45) is 6.71. The molecule has 4 rings (SSSR count). The average molecular weight is 340 g/mol. The van der Waals surface area contributed by atoms with Crippen LogP contribution in [-0.4, -0.2) is 9.97 Å². The normalized spacial score (nSPS) is 17.5. The average Bonchev–Trinajstić information content (AvgIpc) is 2.92. The third-order valence-corrected chi connectivity index (χ3v) is 5.64. The molecule has 0 saturated heterocycles. The molecule has 0 spiro atoms. The predicted octanol–water partition coefficient (Wildman–Crippen LogP) is 4.42. The first-order chi connectivity index (χ1) is 11.6. The van der Waals surface area contributed by atoms with Gasteiger partial charge in [-0.1, -0.05) is 25.1 Å². The molecule has 3 nitrogen and oxygen atoms in total. The van der Waals surface area contributed by atoms with Crippen molar-refractivity contribution in [3.63, 3.8) is 0 Å². The number of thiophene rings is 1. The zero-order chi connectivity index (χ0) is 16.7. The maximum Gasteiger partial charge on any atom is 0.260 e. The Labute approximate surface area is 142 Å². The molecule has 0 radical (unpaired) electrons. The minimum absolute atomic E-state index is 0.0641. The Kier molecular flexibility index (Phi) is 3.81. The number of aryl methyl sites for hydroxylation is 1. The lowest BCUT2D eigenvalue weighted by molar-refractivity contribution is 0.509. The van der Waals surface area contributed by atoms with Crippen LogP contribution in [0.2, 0.25) is 0 Å². The number of aromatic amines is 1. The van der Waals surface area contributed by atoms with Gasteiger partial charge in [0.25, 0.3) is 5.56 Å². The van der Waals surface area contributed by atoms with Crippen molar-refractivity contribution in [1.29, 1.82) is 0 Å². The lowest BCUT2D eigenvalue weighted by Gasteiger charge is -2.17. The van der Waals surface area contributed by atoms with Gasteiger partial charge >= 0.3 is 0 Å². The number of rotatable bonds is 2. The van der Waals surface area contributed by atoms with E-state index in [9.17, 15) is 9.18 Å². The molecule has 0 amide bonds. The molecule has 24 heavy (non-hydrogen) atoms. The second kappa shape index (κ2) is 5.98. The predicted molar refractivity (Wildman–Crippen MR) is 96.8 cm³/mol. The third-order valence-electron chi connectivity index (χ3n) is 4.49. The van der Waals surface area contributed by atoms with Gasteiger partial charge in [0.2, 0.25) is 0 Å². The summed E-state index contributed by atoms with van der Waals surface area (Å²) < 4.78 is 12.9. The van der Waals surface area contributed by atoms with Gasteiger partial charge in [-0.3, -0.25) is 4.79 Å². The van der Waals surface area contributed by atoms with E-state index in [1.54, 1.807) is 29.5 Å². The summed E-state index contributed by atoms with van der Waals surface area (Å²) >= 11 is 1.64. The molecule has 0 saturated carbocycles. The molecule has 5 heteroatoms. The number of nitrogens with zero attached hydrogens (tertiary/aromatic N) is 1. The summed E-state index contributed by atoms with van der Waals surface area (Å²) in [7, 11) is 0. The molecular formula is C19H17FN2OS. The van der Waals surface area contributed by atoms with E-state index < -0.39 is 0 Å². The van der Waals surface area contributed by atoms with E-state index in [1.807, 2.05) is 6.08 Å². The third kappa shape index (κ3) is 2.80. The summed E-state index contributed by atoms with van der Waals surface area (Å²) in [5.41, 5.74) is 1.99. The molecule has 1 aromatic carbocycles. The Hall–Kier alpha value is -2.27. The Morgan fingerprint density at radius 3 is 2.88 bits per heavy atom. The maximum atomic E-state index is 12.9. The first-order valence-electron chi connectivity index (χ1n) is 8.08. The number of H-pyrrole nitrogens is 1. The van der Waals surface area contributed by atoms with Crippen LogP contribution in [-0.2, 0) is 12.8 Å². The molecule has 122 valence electrons. The van der Waals surface area contributed by atoms with Gasteiger partial charge < -0.3 is 4.98 Å². The number of aromatic nitrogens is 2. The van der Waals surface area contributed by atoms with Crippen molar-refractivity contribution in [2.75, 3.05) is 0 Å². The van der Waals surface area contributed by atoms with Crippen molar-refractivity contribution in [3.8, 4) is 0 Å². The van der Waals surface area contributed by atoms with Crippen LogP contribution >= 0.6 is 11.3 Å². The first-order valence-corrected chi connectivity index (χ1v) is 8.90. The SMILES string of the molecule is C[C@H]1CCc2c(sc3nc(/C=C/c4ccc(F)cc4)[nH]c(=O)c23)C1. The molecule has 0 unspecified atom stereocenters. The lowest BCUT2D eigenvalue weighted by atomic mass is 9.89. The quantitative estimate of drug-likeness (QED) is 0.750. The number of hydrogen-bond donors (Lipinski definition) is 1. The van der Waals surface area contributed by atoms with E-state index in [2.05, 4.69) is 16.9 Å². The van der Waals surface area contributed by atoms with Crippen LogP contribution in [0, 0.1) is 11.7 Å². The van der Waals surface area contributed by atoms with Gasteiger partial charge in [0, 0.05) is 4.88 Å². The fourth-order valence-corrected chi connectivity index (χ4v) is 4.58. The number of halogens is 1. The molecule has 0 bridgehead atoms. The minimum Gasteiger partial charge on any atom is -0.306 e. The highest BCUT2D eigenvalue weighted by Crippen LogP contribution is 2.35. The molecule has 1 N–H and O–H groups in total. The Balaban J connectivity index is 1.73. The lowest BCUT2D eigenvalue weighted by Crippen LogP contribution is -2.13. The zero-order valence-corrected chi connectivity index (χ0v) is 14.1. The Morgan fingerprint density at radius 1 is 1.29 bits per heavy atom. The number of fused-ring (bicyclic) bond motifs is 3. The van der Waals surface area contributed by atoms with Crippen molar-refractivity contribution in [2.24, 2.45) is 5.92 Å². The largest absolute Gasteiger partial charge is 0.306 e. The second-order valence-corrected chi connectivity index (χ2v) is 7.45. The van der Waals surface area contributed by atoms with Crippen molar-refractivity contribution in [1.82, 2.24) is 9.97 Å². The minimum atomic E-state index is -0.265. The summed E-state index contributed by atoms with van der Waals surface area (Å²) in [5.74, 6) is 0.935. The summed E-state index contributed by atoms with van der Waals surface area (Å²) in [6.45, 7) is 2.25. The van der Waals surface area contributed by atoms with Crippen LogP contribution in [0.15, 0.2) is 29.1 Å². The molecule has 3 aromatic rings. The highest BCUT2D eigenvalue weighted by molar-refractivity contribution is 7.18. The number of benzene rings is 1. The van der Waals surface area contributed by atoms with Gasteiger partial charge in [-0.15, -0.1) is 11.3 Å². The maximum absolute atomic E-state index is 12.9. The van der Waals surface area contributed by atoms with Gasteiger partial charge in [-0.25, -0.2) is 9.37 Å². The van der Waals surface area contributed by atoms with E-state index in [0.29, 0.717) is 11.7 Å². The van der Waals surface area contributed by atoms with E-state index in [0.717, 1.165) is 35.0 Å². The number of nitrogens with one attached hydrogen (secondary N) is 1. The molecule has 2 aromatic heterocycles. The van der Waals surface area contributed by atoms with Gasteiger partial charge in [0.1, 0.15) is 16.5 Å². The first kappa shape index (κ1) is 15.3. The molecule has 0 aliphatic heterocycles. The van der Waals surface area contributed by atoms with Gasteiger partial charge in [0.15, 0.2) is 0 Å². The van der Waals surface area contributed by atoms with Crippen LogP contribution in [0.25, 0.3) is 22.4 Å². The molecule has 2 heterocycles. The van der Waals surface area contributed by atoms with Crippen LogP contribution in [0.4, 0.5) is 4.39 Å². The Morgan fingerprint density at radius 2 is 2.08 bits per heavy atom. The fourth-order valence-electron chi connectivity index (χ4n) is 3.19. The van der Waals surface area contributed by atoms with Crippen molar-refractivity contribution in [3.05, 3.63) is 62.3 Å². The summed E-state index contributed by atoms with van der Waals surface area (Å²) in [6, 6.07) is 6.20. The van der Waals surface area contributed by atoms with Crippen LogP contribution in [0.1, 0.15) is 35.2 Å². The van der Waals surface area contributed by atoms with Gasteiger partial charge in [-0.05, 0) is 54.5 Å². The topological polar surface area (TPSA) is 45.8 Å². The van der Waals surface area contributed by atoms with Crippen molar-refractivity contribution >= 4 is 33.7 Å². The van der Waals surface area contributed by atoms with Gasteiger partial charge in [-0.2, -0.15) is 0 Å². The smallest absolute Gasteiger partial charge is 0.260 e. The number of hydrogen-bond acceptors (Lipinski definition) is 3. The standard InChI is InChI=1S/C19H17FN2OS/c1-11-2-8-14-15(10-11)24-19-17(14)18(23)21-16(22-19)9-5-12-3-6-13(20)7-4-12/h3-7,9,11H,2,8,10H2,1H3,(H,21,22,23)/b9-5+/t11-/m0/s1. The van der Waals surface area contributed by atoms with Crippen LogP contribution in [0.5, 0.6) is 0 Å². The molecule has 0 fully saturated rings. The highest BCUT2D eigenvalue weighted by Gasteiger charge is 2.22. The molecule has 1 atom stereocenters. The zero-order valence-electron chi connectivity index (χ0n) is 13.3. The van der Waals surface area contributed by atoms with Crippen LogP contribution in [0.3, 0.4) is 0 Å². The van der Waals surface area contributed by atoms with Crippen molar-refractivity contribution < 1.29 is 4.39 Å². The Bertz CT molecular complexity index is 985. The van der Waals surface area contributed by atoms with E-state index >= 15 is 0 Å². The monoisotopic (exact) mass is 340 g/mol. The van der Waals surface area contributed by atoms with Crippen molar-refractivity contribution in [2.45, 2.75) is 26.2 Å². The van der Waals surface area contributed by atoms with E-state index in [1.165, 1.54) is 22.6 Å². The van der Waals surface area contributed by atoms with Gasteiger partial charge in [0.05, 0.1) is 5.39 Å². The van der Waals surface area contributed by atoms with E-state index in [-0.39, 0.29) is 11.4 Å². The second-order valence-electron chi connectivity index (χ2n) is 6.37. The molecule has 1 aliphatic carbocycles. The van der Waals surface area contributed by atoms with Crippen LogP contribution < -0.4 is 5.56 Å². The summed E-state index contributed by atoms with van der Waals surface area (Å²) in [4.78, 5) is 22.1. The fraction of sp³-hybridized carbons (Fsp3) is 0.263. The molecule has 1 aliphatic rings. The molecular weight excluding hydrogens is 323 g/mol. The highest BCUT2D eigenvalue weighted by atomic mass is 32.1.